The molecule has 1 unspecified atom stereocenters. The Morgan fingerprint density at radius 1 is 1.15 bits per heavy atom. The van der Waals surface area contributed by atoms with Gasteiger partial charge in [0.05, 0.1) is 0 Å². The van der Waals surface area contributed by atoms with Crippen LogP contribution in [-0.2, 0) is 18.3 Å². The molecule has 1 fully saturated rings. The summed E-state index contributed by atoms with van der Waals surface area (Å²) < 4.78 is 1.60. The summed E-state index contributed by atoms with van der Waals surface area (Å²) in [6.07, 6.45) is 3.56. The van der Waals surface area contributed by atoms with Gasteiger partial charge in [0.15, 0.2) is 0 Å². The highest BCUT2D eigenvalue weighted by atomic mass is 35.5. The van der Waals surface area contributed by atoms with Gasteiger partial charge in [0.2, 0.25) is 5.91 Å². The molecule has 2 atom stereocenters. The number of pyridine rings is 1. The van der Waals surface area contributed by atoms with Crippen LogP contribution in [0.15, 0.2) is 65.6 Å². The van der Waals surface area contributed by atoms with Crippen LogP contribution in [0.25, 0.3) is 11.1 Å². The molecule has 0 spiro atoms. The molecule has 2 aromatic carbocycles. The molecule has 3 aromatic rings. The molecule has 6 heteroatoms. The zero-order valence-corrected chi connectivity index (χ0v) is 19.9. The number of carbonyl (C=O) groups excluding carboxylic acids is 1. The van der Waals surface area contributed by atoms with E-state index in [9.17, 15) is 9.59 Å². The molecule has 1 aromatic heterocycles. The highest BCUT2D eigenvalue weighted by Gasteiger charge is 2.29. The van der Waals surface area contributed by atoms with Gasteiger partial charge in [-0.3, -0.25) is 9.59 Å². The third kappa shape index (κ3) is 5.37. The molecule has 0 bridgehead atoms. The summed E-state index contributed by atoms with van der Waals surface area (Å²) in [7, 11) is 1.77. The van der Waals surface area contributed by atoms with Crippen LogP contribution in [0.5, 0.6) is 0 Å². The molecule has 2 heterocycles. The second-order valence-electron chi connectivity index (χ2n) is 8.74. The van der Waals surface area contributed by atoms with Crippen molar-refractivity contribution >= 4 is 17.5 Å². The van der Waals surface area contributed by atoms with Crippen molar-refractivity contribution in [1.82, 2.24) is 15.2 Å². The number of aryl methyl sites for hydroxylation is 1. The molecule has 1 amide bonds. The molecular formula is C27H30ClN3O2. The minimum absolute atomic E-state index is 0.0158. The van der Waals surface area contributed by atoms with Crippen LogP contribution in [0.4, 0.5) is 0 Å². The highest BCUT2D eigenvalue weighted by molar-refractivity contribution is 6.31. The number of halogens is 1. The lowest BCUT2D eigenvalue weighted by molar-refractivity contribution is -0.118. The molecule has 1 aliphatic rings. The fraction of sp³-hybridized carbons (Fsp3) is 0.333. The van der Waals surface area contributed by atoms with Gasteiger partial charge in [-0.1, -0.05) is 48.0 Å². The molecule has 5 nitrogen and oxygen atoms in total. The van der Waals surface area contributed by atoms with Crippen molar-refractivity contribution in [2.75, 3.05) is 19.6 Å². The van der Waals surface area contributed by atoms with Gasteiger partial charge < -0.3 is 15.2 Å². The molecule has 4 rings (SSSR count). The zero-order chi connectivity index (χ0) is 23.4. The predicted octanol–water partition coefficient (Wildman–Crippen LogP) is 4.25. The van der Waals surface area contributed by atoms with Crippen LogP contribution in [0.1, 0.15) is 41.9 Å². The summed E-state index contributed by atoms with van der Waals surface area (Å²) in [6, 6.07) is 18.4. The summed E-state index contributed by atoms with van der Waals surface area (Å²) in [5.74, 6) is 0.419. The van der Waals surface area contributed by atoms with E-state index in [-0.39, 0.29) is 23.3 Å². The first kappa shape index (κ1) is 23.3. The fourth-order valence-corrected chi connectivity index (χ4v) is 5.09. The molecule has 172 valence electrons. The SMILES string of the molecule is CC(=O)NCCc1ccccc1-c1ccc([C@H]2CNCCC2c2ccn(C)c(=O)c2)c(Cl)c1. The number of aromatic nitrogens is 1. The Hall–Kier alpha value is -2.89. The van der Waals surface area contributed by atoms with Crippen LogP contribution in [0, 0.1) is 0 Å². The van der Waals surface area contributed by atoms with E-state index < -0.39 is 0 Å². The number of hydrogen-bond donors (Lipinski definition) is 2. The van der Waals surface area contributed by atoms with Gasteiger partial charge in [-0.25, -0.2) is 0 Å². The van der Waals surface area contributed by atoms with E-state index in [4.69, 9.17) is 11.6 Å². The normalized spacial score (nSPS) is 18.2. The van der Waals surface area contributed by atoms with Gasteiger partial charge >= 0.3 is 0 Å². The predicted molar refractivity (Wildman–Crippen MR) is 134 cm³/mol. The number of hydrogen-bond acceptors (Lipinski definition) is 3. The first-order chi connectivity index (χ1) is 15.9. The van der Waals surface area contributed by atoms with Crippen molar-refractivity contribution in [3.63, 3.8) is 0 Å². The number of carbonyl (C=O) groups is 1. The van der Waals surface area contributed by atoms with E-state index in [1.54, 1.807) is 17.7 Å². The Kier molecular flexibility index (Phi) is 7.31. The molecule has 0 radical (unpaired) electrons. The smallest absolute Gasteiger partial charge is 0.250 e. The van der Waals surface area contributed by atoms with E-state index in [2.05, 4.69) is 41.0 Å². The highest BCUT2D eigenvalue weighted by Crippen LogP contribution is 2.41. The Bertz CT molecular complexity index is 1200. The number of nitrogens with one attached hydrogen (secondary N) is 2. The lowest BCUT2D eigenvalue weighted by Crippen LogP contribution is -2.34. The summed E-state index contributed by atoms with van der Waals surface area (Å²) in [5.41, 5.74) is 5.56. The molecule has 2 N–H and O–H groups in total. The maximum absolute atomic E-state index is 12.2. The van der Waals surface area contributed by atoms with E-state index in [1.165, 1.54) is 12.5 Å². The summed E-state index contributed by atoms with van der Waals surface area (Å²) in [6.45, 7) is 3.88. The topological polar surface area (TPSA) is 63.1 Å². The van der Waals surface area contributed by atoms with Crippen molar-refractivity contribution in [3.8, 4) is 11.1 Å². The van der Waals surface area contributed by atoms with Crippen LogP contribution in [0.2, 0.25) is 5.02 Å². The Labute approximate surface area is 199 Å². The molecule has 0 aliphatic carbocycles. The van der Waals surface area contributed by atoms with E-state index in [0.29, 0.717) is 6.54 Å². The number of rotatable bonds is 6. The van der Waals surface area contributed by atoms with Crippen LogP contribution in [0.3, 0.4) is 0 Å². The van der Waals surface area contributed by atoms with Gasteiger partial charge in [0, 0.05) is 50.3 Å². The van der Waals surface area contributed by atoms with E-state index in [1.807, 2.05) is 24.4 Å². The molecule has 0 saturated carbocycles. The largest absolute Gasteiger partial charge is 0.356 e. The van der Waals surface area contributed by atoms with Gasteiger partial charge in [-0.15, -0.1) is 0 Å². The fourth-order valence-electron chi connectivity index (χ4n) is 4.77. The maximum Gasteiger partial charge on any atom is 0.250 e. The first-order valence-corrected chi connectivity index (χ1v) is 11.8. The molecular weight excluding hydrogens is 434 g/mol. The molecule has 33 heavy (non-hydrogen) atoms. The van der Waals surface area contributed by atoms with Gasteiger partial charge in [0.25, 0.3) is 5.56 Å². The van der Waals surface area contributed by atoms with Crippen LogP contribution >= 0.6 is 11.6 Å². The van der Waals surface area contributed by atoms with Crippen molar-refractivity contribution in [3.05, 3.63) is 92.9 Å². The second kappa shape index (κ2) is 10.4. The third-order valence-corrected chi connectivity index (χ3v) is 6.86. The number of piperidine rings is 1. The first-order valence-electron chi connectivity index (χ1n) is 11.4. The van der Waals surface area contributed by atoms with Gasteiger partial charge in [-0.05, 0) is 65.3 Å². The van der Waals surface area contributed by atoms with Crippen LogP contribution < -0.4 is 16.2 Å². The van der Waals surface area contributed by atoms with Crippen molar-refractivity contribution in [2.24, 2.45) is 7.05 Å². The number of nitrogens with zero attached hydrogens (tertiary/aromatic N) is 1. The van der Waals surface area contributed by atoms with E-state index >= 15 is 0 Å². The van der Waals surface area contributed by atoms with Crippen molar-refractivity contribution < 1.29 is 4.79 Å². The lowest BCUT2D eigenvalue weighted by atomic mass is 9.77. The van der Waals surface area contributed by atoms with E-state index in [0.717, 1.165) is 53.2 Å². The summed E-state index contributed by atoms with van der Waals surface area (Å²) in [5, 5.41) is 7.11. The Morgan fingerprint density at radius 2 is 1.97 bits per heavy atom. The Balaban J connectivity index is 1.63. The minimum Gasteiger partial charge on any atom is -0.356 e. The monoisotopic (exact) mass is 463 g/mol. The third-order valence-electron chi connectivity index (χ3n) is 6.54. The number of benzene rings is 2. The average molecular weight is 464 g/mol. The van der Waals surface area contributed by atoms with Gasteiger partial charge in [-0.2, -0.15) is 0 Å². The van der Waals surface area contributed by atoms with Crippen molar-refractivity contribution in [2.45, 2.75) is 31.6 Å². The second-order valence-corrected chi connectivity index (χ2v) is 9.15. The molecule has 1 aliphatic heterocycles. The zero-order valence-electron chi connectivity index (χ0n) is 19.1. The average Bonchev–Trinajstić information content (AvgIpc) is 2.81. The van der Waals surface area contributed by atoms with Crippen LogP contribution in [-0.4, -0.2) is 30.1 Å². The minimum atomic E-state index is -0.0215. The maximum atomic E-state index is 12.2. The summed E-state index contributed by atoms with van der Waals surface area (Å²) in [4.78, 5) is 23.5. The Morgan fingerprint density at radius 3 is 2.73 bits per heavy atom. The van der Waals surface area contributed by atoms with Gasteiger partial charge in [0.1, 0.15) is 0 Å². The lowest BCUT2D eigenvalue weighted by Gasteiger charge is -2.33. The molecule has 1 saturated heterocycles. The van der Waals surface area contributed by atoms with Crippen molar-refractivity contribution in [1.29, 1.82) is 0 Å². The quantitative estimate of drug-likeness (QED) is 0.574. The standard InChI is InChI=1S/C27H30ClN3O2/c1-18(32)30-13-9-19-5-3-4-6-22(19)20-7-8-24(26(28)15-20)25-17-29-12-10-23(25)21-11-14-31(2)27(33)16-21/h3-8,11,14-16,23,25,29H,9-10,12-13,17H2,1-2H3,(H,30,32)/t23?,25-/m0/s1. The summed E-state index contributed by atoms with van der Waals surface area (Å²) >= 11 is 6.87. The number of amides is 1.